The average Bonchev–Trinajstić information content (AvgIpc) is 3.00. The number of pyridine rings is 1. The third-order valence-electron chi connectivity index (χ3n) is 6.66. The molecule has 0 unspecified atom stereocenters. The highest BCUT2D eigenvalue weighted by Gasteiger charge is 2.51. The Morgan fingerprint density at radius 3 is 2.65 bits per heavy atom. The molecule has 1 saturated carbocycles. The van der Waals surface area contributed by atoms with Crippen molar-refractivity contribution in [3.05, 3.63) is 23.9 Å². The summed E-state index contributed by atoms with van der Waals surface area (Å²) in [6.45, 7) is 4.26. The van der Waals surface area contributed by atoms with Crippen molar-refractivity contribution < 1.29 is 14.4 Å². The zero-order chi connectivity index (χ0) is 21.8. The number of aromatic nitrogens is 1. The van der Waals surface area contributed by atoms with E-state index in [1.807, 2.05) is 12.1 Å². The van der Waals surface area contributed by atoms with E-state index < -0.39 is 5.54 Å². The molecule has 4 rings (SSSR count). The number of carbonyl (C=O) groups excluding carboxylic acids is 3. The Balaban J connectivity index is 1.29. The van der Waals surface area contributed by atoms with Crippen LogP contribution < -0.4 is 15.5 Å². The zero-order valence-electron chi connectivity index (χ0n) is 18.2. The summed E-state index contributed by atoms with van der Waals surface area (Å²) in [5.41, 5.74) is 0.232. The van der Waals surface area contributed by atoms with E-state index in [9.17, 15) is 14.4 Å². The predicted molar refractivity (Wildman–Crippen MR) is 116 cm³/mol. The van der Waals surface area contributed by atoms with Crippen LogP contribution in [0.3, 0.4) is 0 Å². The topological polar surface area (TPSA) is 97.9 Å². The van der Waals surface area contributed by atoms with Gasteiger partial charge in [-0.2, -0.15) is 0 Å². The Morgan fingerprint density at radius 2 is 1.90 bits per heavy atom. The molecule has 0 bridgehead atoms. The number of amides is 4. The van der Waals surface area contributed by atoms with Crippen LogP contribution in [0.4, 0.5) is 10.6 Å². The molecule has 9 nitrogen and oxygen atoms in total. The molecule has 1 aromatic heterocycles. The van der Waals surface area contributed by atoms with Crippen LogP contribution in [0.1, 0.15) is 44.1 Å². The molecular weight excluding hydrogens is 396 g/mol. The first-order chi connectivity index (χ1) is 15.0. The first kappa shape index (κ1) is 21.5. The van der Waals surface area contributed by atoms with Crippen LogP contribution in [0, 0.1) is 0 Å². The lowest BCUT2D eigenvalue weighted by Gasteiger charge is -2.34. The van der Waals surface area contributed by atoms with Gasteiger partial charge in [-0.3, -0.25) is 14.5 Å². The third kappa shape index (κ3) is 4.66. The number of nitrogens with one attached hydrogen (secondary N) is 2. The average molecular weight is 429 g/mol. The van der Waals surface area contributed by atoms with Gasteiger partial charge in [0.15, 0.2) is 0 Å². The summed E-state index contributed by atoms with van der Waals surface area (Å²) in [6, 6.07) is 3.48. The van der Waals surface area contributed by atoms with E-state index in [-0.39, 0.29) is 30.8 Å². The van der Waals surface area contributed by atoms with E-state index in [1.54, 1.807) is 6.20 Å². The minimum absolute atomic E-state index is 0.0966. The van der Waals surface area contributed by atoms with Gasteiger partial charge in [0.2, 0.25) is 5.91 Å². The maximum atomic E-state index is 12.8. The molecule has 3 fully saturated rings. The molecule has 0 atom stereocenters. The van der Waals surface area contributed by atoms with Crippen LogP contribution in [-0.2, 0) is 16.1 Å². The minimum Gasteiger partial charge on any atom is -0.354 e. The molecule has 2 N–H and O–H groups in total. The summed E-state index contributed by atoms with van der Waals surface area (Å²) in [4.78, 5) is 47.9. The second-order valence-electron chi connectivity index (χ2n) is 8.83. The van der Waals surface area contributed by atoms with Crippen molar-refractivity contribution in [3.8, 4) is 0 Å². The highest BCUT2D eigenvalue weighted by Crippen LogP contribution is 2.33. The first-order valence-corrected chi connectivity index (χ1v) is 11.3. The van der Waals surface area contributed by atoms with Crippen molar-refractivity contribution in [2.75, 3.05) is 44.7 Å². The largest absolute Gasteiger partial charge is 0.354 e. The maximum absolute atomic E-state index is 12.8. The smallest absolute Gasteiger partial charge is 0.325 e. The Bertz CT molecular complexity index is 830. The Hall–Kier alpha value is -2.68. The summed E-state index contributed by atoms with van der Waals surface area (Å²) < 4.78 is 0. The minimum atomic E-state index is -0.737. The van der Waals surface area contributed by atoms with Crippen LogP contribution in [-0.4, -0.2) is 77.9 Å². The van der Waals surface area contributed by atoms with Crippen molar-refractivity contribution in [1.29, 1.82) is 0 Å². The van der Waals surface area contributed by atoms with E-state index in [2.05, 4.69) is 32.5 Å². The number of imide groups is 1. The molecule has 1 aliphatic carbocycles. The van der Waals surface area contributed by atoms with Gasteiger partial charge in [0, 0.05) is 57.4 Å². The van der Waals surface area contributed by atoms with Gasteiger partial charge in [-0.25, -0.2) is 9.78 Å². The predicted octanol–water partition coefficient (Wildman–Crippen LogP) is 1.09. The van der Waals surface area contributed by atoms with E-state index in [0.29, 0.717) is 19.4 Å². The summed E-state index contributed by atoms with van der Waals surface area (Å²) in [6.07, 6.45) is 6.24. The molecule has 168 valence electrons. The van der Waals surface area contributed by atoms with Gasteiger partial charge >= 0.3 is 6.03 Å². The number of urea groups is 1. The SMILES string of the molecule is CN1CCN(c2ncccc2CNC(=O)CCN2C(=O)NC3(CCCCC3)C2=O)CC1. The van der Waals surface area contributed by atoms with Crippen molar-refractivity contribution in [2.24, 2.45) is 0 Å². The number of nitrogens with zero attached hydrogens (tertiary/aromatic N) is 4. The quantitative estimate of drug-likeness (QED) is 0.659. The number of hydrogen-bond donors (Lipinski definition) is 2. The number of hydrogen-bond acceptors (Lipinski definition) is 6. The van der Waals surface area contributed by atoms with Crippen LogP contribution in [0.25, 0.3) is 0 Å². The summed E-state index contributed by atoms with van der Waals surface area (Å²) in [7, 11) is 2.11. The highest BCUT2D eigenvalue weighted by atomic mass is 16.2. The van der Waals surface area contributed by atoms with Crippen LogP contribution >= 0.6 is 0 Å². The van der Waals surface area contributed by atoms with Gasteiger partial charge in [-0.05, 0) is 26.0 Å². The highest BCUT2D eigenvalue weighted by molar-refractivity contribution is 6.07. The molecule has 3 heterocycles. The molecule has 1 aromatic rings. The molecule has 4 amide bonds. The number of anilines is 1. The zero-order valence-corrected chi connectivity index (χ0v) is 18.2. The van der Waals surface area contributed by atoms with Crippen molar-refractivity contribution in [3.63, 3.8) is 0 Å². The summed E-state index contributed by atoms with van der Waals surface area (Å²) in [5, 5.41) is 5.81. The molecule has 31 heavy (non-hydrogen) atoms. The fourth-order valence-electron chi connectivity index (χ4n) is 4.74. The van der Waals surface area contributed by atoms with Crippen molar-refractivity contribution in [1.82, 2.24) is 25.4 Å². The maximum Gasteiger partial charge on any atom is 0.325 e. The standard InChI is InChI=1S/C22H32N6O3/c1-26-12-14-27(15-13-26)19-17(6-5-10-23-19)16-24-18(29)7-11-28-20(30)22(25-21(28)31)8-3-2-4-9-22/h5-6,10H,2-4,7-9,11-16H2,1H3,(H,24,29)(H,25,31). The molecular formula is C22H32N6O3. The second kappa shape index (κ2) is 9.21. The Kier molecular flexibility index (Phi) is 6.41. The van der Waals surface area contributed by atoms with Crippen molar-refractivity contribution >= 4 is 23.7 Å². The van der Waals surface area contributed by atoms with E-state index in [0.717, 1.165) is 56.8 Å². The van der Waals surface area contributed by atoms with Gasteiger partial charge in [-0.15, -0.1) is 0 Å². The first-order valence-electron chi connectivity index (χ1n) is 11.3. The van der Waals surface area contributed by atoms with E-state index in [4.69, 9.17) is 0 Å². The third-order valence-corrected chi connectivity index (χ3v) is 6.66. The molecule has 2 saturated heterocycles. The lowest BCUT2D eigenvalue weighted by atomic mass is 9.82. The number of carbonyl (C=O) groups is 3. The molecule has 0 aromatic carbocycles. The Morgan fingerprint density at radius 1 is 1.16 bits per heavy atom. The molecule has 9 heteroatoms. The molecule has 0 radical (unpaired) electrons. The van der Waals surface area contributed by atoms with Crippen LogP contribution in [0.2, 0.25) is 0 Å². The van der Waals surface area contributed by atoms with Gasteiger partial charge in [-0.1, -0.05) is 25.3 Å². The lowest BCUT2D eigenvalue weighted by molar-refractivity contribution is -0.132. The number of piperazine rings is 1. The summed E-state index contributed by atoms with van der Waals surface area (Å²) >= 11 is 0. The molecule has 3 aliphatic rings. The number of likely N-dealkylation sites (N-methyl/N-ethyl adjacent to an activating group) is 1. The lowest BCUT2D eigenvalue weighted by Crippen LogP contribution is -2.48. The molecule has 2 aliphatic heterocycles. The normalized spacial score (nSPS) is 21.5. The fraction of sp³-hybridized carbons (Fsp3) is 0.636. The monoisotopic (exact) mass is 428 g/mol. The van der Waals surface area contributed by atoms with Gasteiger partial charge in [0.25, 0.3) is 5.91 Å². The fourth-order valence-corrected chi connectivity index (χ4v) is 4.74. The van der Waals surface area contributed by atoms with Gasteiger partial charge in [0.05, 0.1) is 0 Å². The van der Waals surface area contributed by atoms with E-state index in [1.165, 1.54) is 4.90 Å². The van der Waals surface area contributed by atoms with Gasteiger partial charge < -0.3 is 20.4 Å². The molecule has 1 spiro atoms. The van der Waals surface area contributed by atoms with Gasteiger partial charge in [0.1, 0.15) is 11.4 Å². The summed E-state index contributed by atoms with van der Waals surface area (Å²) in [5.74, 6) is 0.553. The Labute approximate surface area is 183 Å². The number of rotatable bonds is 6. The van der Waals surface area contributed by atoms with Crippen molar-refractivity contribution in [2.45, 2.75) is 50.6 Å². The van der Waals surface area contributed by atoms with Crippen LogP contribution in [0.5, 0.6) is 0 Å². The van der Waals surface area contributed by atoms with Crippen LogP contribution in [0.15, 0.2) is 18.3 Å². The second-order valence-corrected chi connectivity index (χ2v) is 8.83. The van der Waals surface area contributed by atoms with E-state index >= 15 is 0 Å².